The number of rotatable bonds is 4. The molecule has 0 aliphatic heterocycles. The molecule has 0 fully saturated rings. The van der Waals surface area contributed by atoms with Crippen molar-refractivity contribution in [2.24, 2.45) is 0 Å². The minimum atomic E-state index is 0.452. The summed E-state index contributed by atoms with van der Waals surface area (Å²) in [5, 5.41) is 15.2. The van der Waals surface area contributed by atoms with Crippen LogP contribution in [-0.4, -0.2) is 20.3 Å². The van der Waals surface area contributed by atoms with Gasteiger partial charge >= 0.3 is 0 Å². The lowest BCUT2D eigenvalue weighted by Crippen LogP contribution is -1.89. The molecule has 0 saturated heterocycles. The number of furan rings is 1. The Labute approximate surface area is 129 Å². The van der Waals surface area contributed by atoms with E-state index < -0.39 is 0 Å². The second-order valence-electron chi connectivity index (χ2n) is 4.55. The minimum absolute atomic E-state index is 0.452. The second-order valence-corrected chi connectivity index (χ2v) is 5.52. The maximum absolute atomic E-state index is 5.21. The molecule has 0 saturated carbocycles. The van der Waals surface area contributed by atoms with E-state index in [9.17, 15) is 0 Å². The minimum Gasteiger partial charge on any atom is -0.472 e. The molecular formula is C15H10N4O2S. The highest BCUT2D eigenvalue weighted by atomic mass is 32.2. The Balaban J connectivity index is 1.55. The predicted octanol–water partition coefficient (Wildman–Crippen LogP) is 3.57. The van der Waals surface area contributed by atoms with Gasteiger partial charge in [-0.3, -0.25) is 0 Å². The van der Waals surface area contributed by atoms with Gasteiger partial charge in [0.2, 0.25) is 0 Å². The summed E-state index contributed by atoms with van der Waals surface area (Å²) >= 11 is 1.53. The van der Waals surface area contributed by atoms with Gasteiger partial charge in [0.05, 0.1) is 23.8 Å². The average molecular weight is 310 g/mol. The lowest BCUT2D eigenvalue weighted by molar-refractivity contribution is 0.424. The maximum Gasteiger partial charge on any atom is 0.261 e. The molecule has 0 atom stereocenters. The fourth-order valence-electron chi connectivity index (χ4n) is 2.06. The number of hydrogen-bond acceptors (Lipinski definition) is 7. The van der Waals surface area contributed by atoms with Crippen molar-refractivity contribution in [3.05, 3.63) is 54.9 Å². The van der Waals surface area contributed by atoms with Crippen LogP contribution >= 0.6 is 11.8 Å². The number of fused-ring (bicyclic) bond motifs is 1. The van der Waals surface area contributed by atoms with Gasteiger partial charge in [-0.25, -0.2) is 0 Å². The summed E-state index contributed by atoms with van der Waals surface area (Å²) in [5.74, 6) is 1.62. The normalized spacial score (nSPS) is 11.1. The van der Waals surface area contributed by atoms with E-state index in [4.69, 9.17) is 8.94 Å². The molecule has 0 bridgehead atoms. The Hall–Kier alpha value is -2.67. The molecule has 0 unspecified atom stereocenters. The topological polar surface area (TPSA) is 77.8 Å². The lowest BCUT2D eigenvalue weighted by atomic mass is 10.2. The SMILES string of the molecule is c1ccc2c(SCc3noc(-c4ccoc4)n3)nncc2c1. The summed E-state index contributed by atoms with van der Waals surface area (Å²) in [6.45, 7) is 0. The van der Waals surface area contributed by atoms with E-state index in [1.54, 1.807) is 24.8 Å². The number of aromatic nitrogens is 4. The molecular weight excluding hydrogens is 300 g/mol. The summed E-state index contributed by atoms with van der Waals surface area (Å²) in [4.78, 5) is 4.34. The highest BCUT2D eigenvalue weighted by Crippen LogP contribution is 2.27. The first-order valence-corrected chi connectivity index (χ1v) is 7.57. The van der Waals surface area contributed by atoms with Crippen LogP contribution in [0.2, 0.25) is 0 Å². The van der Waals surface area contributed by atoms with Crippen LogP contribution in [0.5, 0.6) is 0 Å². The van der Waals surface area contributed by atoms with Gasteiger partial charge in [-0.05, 0) is 6.07 Å². The van der Waals surface area contributed by atoms with E-state index in [1.807, 2.05) is 24.3 Å². The molecule has 0 spiro atoms. The smallest absolute Gasteiger partial charge is 0.261 e. The van der Waals surface area contributed by atoms with E-state index in [-0.39, 0.29) is 0 Å². The predicted molar refractivity (Wildman–Crippen MR) is 81.1 cm³/mol. The van der Waals surface area contributed by atoms with Gasteiger partial charge in [0.25, 0.3) is 5.89 Å². The van der Waals surface area contributed by atoms with Crippen molar-refractivity contribution in [3.8, 4) is 11.5 Å². The van der Waals surface area contributed by atoms with Crippen molar-refractivity contribution in [2.75, 3.05) is 0 Å². The van der Waals surface area contributed by atoms with E-state index in [2.05, 4.69) is 20.3 Å². The Morgan fingerprint density at radius 2 is 2.09 bits per heavy atom. The standard InChI is InChI=1S/C15H10N4O2S/c1-2-4-12-10(3-1)7-16-18-15(12)22-9-13-17-14(21-19-13)11-5-6-20-8-11/h1-8H,9H2. The van der Waals surface area contributed by atoms with Crippen molar-refractivity contribution < 1.29 is 8.94 Å². The molecule has 3 heterocycles. The van der Waals surface area contributed by atoms with Crippen molar-refractivity contribution in [2.45, 2.75) is 10.8 Å². The van der Waals surface area contributed by atoms with Gasteiger partial charge in [0.1, 0.15) is 11.3 Å². The number of thioether (sulfide) groups is 1. The second kappa shape index (κ2) is 5.61. The number of hydrogen-bond donors (Lipinski definition) is 0. The molecule has 0 amide bonds. The molecule has 3 aromatic heterocycles. The summed E-state index contributed by atoms with van der Waals surface area (Å²) in [6.07, 6.45) is 4.89. The molecule has 108 valence electrons. The summed E-state index contributed by atoms with van der Waals surface area (Å²) in [7, 11) is 0. The molecule has 22 heavy (non-hydrogen) atoms. The van der Waals surface area contributed by atoms with Crippen LogP contribution in [0.3, 0.4) is 0 Å². The fourth-order valence-corrected chi connectivity index (χ4v) is 2.89. The monoisotopic (exact) mass is 310 g/mol. The van der Waals surface area contributed by atoms with E-state index in [0.717, 1.165) is 21.4 Å². The van der Waals surface area contributed by atoms with Crippen LogP contribution < -0.4 is 0 Å². The molecule has 6 nitrogen and oxygen atoms in total. The largest absolute Gasteiger partial charge is 0.472 e. The molecule has 0 radical (unpaired) electrons. The first-order chi connectivity index (χ1) is 10.9. The van der Waals surface area contributed by atoms with Crippen molar-refractivity contribution in [3.63, 3.8) is 0 Å². The van der Waals surface area contributed by atoms with E-state index in [1.165, 1.54) is 11.8 Å². The highest BCUT2D eigenvalue weighted by Gasteiger charge is 2.11. The summed E-state index contributed by atoms with van der Waals surface area (Å²) < 4.78 is 10.2. The van der Waals surface area contributed by atoms with Gasteiger partial charge in [-0.2, -0.15) is 10.1 Å². The van der Waals surface area contributed by atoms with E-state index >= 15 is 0 Å². The molecule has 4 aromatic rings. The van der Waals surface area contributed by atoms with Gasteiger partial charge in [-0.1, -0.05) is 41.2 Å². The third-order valence-corrected chi connectivity index (χ3v) is 4.09. The van der Waals surface area contributed by atoms with Gasteiger partial charge in [0.15, 0.2) is 5.82 Å². The van der Waals surface area contributed by atoms with Crippen molar-refractivity contribution in [1.29, 1.82) is 0 Å². The number of nitrogens with zero attached hydrogens (tertiary/aromatic N) is 4. The summed E-state index contributed by atoms with van der Waals surface area (Å²) in [5.41, 5.74) is 0.772. The Bertz CT molecular complexity index is 899. The van der Waals surface area contributed by atoms with Crippen molar-refractivity contribution in [1.82, 2.24) is 20.3 Å². The van der Waals surface area contributed by atoms with Crippen LogP contribution in [0, 0.1) is 0 Å². The Morgan fingerprint density at radius 3 is 3.00 bits per heavy atom. The molecule has 0 N–H and O–H groups in total. The first kappa shape index (κ1) is 13.0. The quantitative estimate of drug-likeness (QED) is 0.533. The van der Waals surface area contributed by atoms with Crippen molar-refractivity contribution >= 4 is 22.5 Å². The molecule has 1 aromatic carbocycles. The molecule has 7 heteroatoms. The highest BCUT2D eigenvalue weighted by molar-refractivity contribution is 7.98. The third-order valence-electron chi connectivity index (χ3n) is 3.11. The van der Waals surface area contributed by atoms with Gasteiger partial charge < -0.3 is 8.94 Å². The lowest BCUT2D eigenvalue weighted by Gasteiger charge is -2.01. The fraction of sp³-hybridized carbons (Fsp3) is 0.0667. The Morgan fingerprint density at radius 1 is 1.14 bits per heavy atom. The van der Waals surface area contributed by atoms with Gasteiger partial charge in [0, 0.05) is 10.8 Å². The van der Waals surface area contributed by atoms with Crippen LogP contribution in [0.25, 0.3) is 22.2 Å². The van der Waals surface area contributed by atoms with Crippen LogP contribution in [0.1, 0.15) is 5.82 Å². The molecule has 0 aliphatic rings. The molecule has 0 aliphatic carbocycles. The zero-order chi connectivity index (χ0) is 14.8. The van der Waals surface area contributed by atoms with Crippen LogP contribution in [-0.2, 0) is 5.75 Å². The van der Waals surface area contributed by atoms with Gasteiger partial charge in [-0.15, -0.1) is 5.10 Å². The zero-order valence-electron chi connectivity index (χ0n) is 11.3. The first-order valence-electron chi connectivity index (χ1n) is 6.58. The van der Waals surface area contributed by atoms with E-state index in [0.29, 0.717) is 17.5 Å². The third kappa shape index (κ3) is 2.46. The Kier molecular flexibility index (Phi) is 3.32. The molecule has 4 rings (SSSR count). The number of benzene rings is 1. The average Bonchev–Trinajstić information content (AvgIpc) is 3.24. The summed E-state index contributed by atoms with van der Waals surface area (Å²) in [6, 6.07) is 9.79. The maximum atomic E-state index is 5.21. The van der Waals surface area contributed by atoms with Crippen LogP contribution in [0.15, 0.2) is 63.0 Å². The zero-order valence-corrected chi connectivity index (χ0v) is 12.2. The van der Waals surface area contributed by atoms with Crippen LogP contribution in [0.4, 0.5) is 0 Å².